The van der Waals surface area contributed by atoms with Crippen LogP contribution in [0.25, 0.3) is 0 Å². The summed E-state index contributed by atoms with van der Waals surface area (Å²) in [5.74, 6) is 0. The number of piperidine rings is 1. The third-order valence-electron chi connectivity index (χ3n) is 3.32. The first-order valence-corrected chi connectivity index (χ1v) is 8.68. The van der Waals surface area contributed by atoms with Crippen LogP contribution in [0.5, 0.6) is 0 Å². The summed E-state index contributed by atoms with van der Waals surface area (Å²) in [6.07, 6.45) is 1.87. The normalized spacial score (nSPS) is 21.5. The van der Waals surface area contributed by atoms with E-state index in [0.717, 1.165) is 12.8 Å². The maximum absolute atomic E-state index is 12.5. The topological polar surface area (TPSA) is 49.4 Å². The predicted molar refractivity (Wildman–Crippen MR) is 80.0 cm³/mol. The minimum atomic E-state index is -3.46. The van der Waals surface area contributed by atoms with Crippen LogP contribution in [0.2, 0.25) is 5.02 Å². The number of nitrogens with one attached hydrogen (secondary N) is 1. The summed E-state index contributed by atoms with van der Waals surface area (Å²) in [4.78, 5) is 0.248. The van der Waals surface area contributed by atoms with Crippen molar-refractivity contribution in [3.63, 3.8) is 0 Å². The van der Waals surface area contributed by atoms with Gasteiger partial charge in [0.2, 0.25) is 10.0 Å². The second-order valence-electron chi connectivity index (χ2n) is 4.57. The van der Waals surface area contributed by atoms with Gasteiger partial charge in [-0.05, 0) is 54.0 Å². The van der Waals surface area contributed by atoms with Crippen LogP contribution >= 0.6 is 27.5 Å². The highest BCUT2D eigenvalue weighted by atomic mass is 79.9. The van der Waals surface area contributed by atoms with Gasteiger partial charge in [0.15, 0.2) is 0 Å². The van der Waals surface area contributed by atoms with Gasteiger partial charge in [0.1, 0.15) is 0 Å². The summed E-state index contributed by atoms with van der Waals surface area (Å²) < 4.78 is 27.3. The largest absolute Gasteiger partial charge is 0.316 e. The van der Waals surface area contributed by atoms with E-state index < -0.39 is 10.0 Å². The first kappa shape index (κ1) is 15.3. The summed E-state index contributed by atoms with van der Waals surface area (Å²) in [6.45, 7) is 1.07. The van der Waals surface area contributed by atoms with Crippen molar-refractivity contribution in [2.24, 2.45) is 0 Å². The SMILES string of the molecule is CNC1CCCN(S(=O)(=O)c2ccc(Br)c(Cl)c2)C1. The fraction of sp³-hybridized carbons (Fsp3) is 0.500. The molecule has 0 bridgehead atoms. The molecule has 1 aromatic rings. The van der Waals surface area contributed by atoms with E-state index in [1.54, 1.807) is 12.1 Å². The zero-order valence-electron chi connectivity index (χ0n) is 10.6. The Kier molecular flexibility index (Phi) is 4.89. The second-order valence-corrected chi connectivity index (χ2v) is 7.77. The van der Waals surface area contributed by atoms with Gasteiger partial charge in [-0.3, -0.25) is 0 Å². The van der Waals surface area contributed by atoms with Crippen molar-refractivity contribution < 1.29 is 8.42 Å². The molecule has 0 spiro atoms. The van der Waals surface area contributed by atoms with Crippen molar-refractivity contribution in [1.29, 1.82) is 0 Å². The monoisotopic (exact) mass is 366 g/mol. The van der Waals surface area contributed by atoms with Gasteiger partial charge in [0.25, 0.3) is 0 Å². The van der Waals surface area contributed by atoms with Gasteiger partial charge in [-0.15, -0.1) is 0 Å². The lowest BCUT2D eigenvalue weighted by atomic mass is 10.1. The molecule has 1 atom stereocenters. The van der Waals surface area contributed by atoms with E-state index in [-0.39, 0.29) is 10.9 Å². The van der Waals surface area contributed by atoms with Crippen LogP contribution in [-0.4, -0.2) is 38.9 Å². The van der Waals surface area contributed by atoms with E-state index in [1.165, 1.54) is 10.4 Å². The molecule has 0 amide bonds. The lowest BCUT2D eigenvalue weighted by Gasteiger charge is -2.31. The smallest absolute Gasteiger partial charge is 0.243 e. The minimum Gasteiger partial charge on any atom is -0.316 e. The standard InChI is InChI=1S/C12H16BrClN2O2S/c1-15-9-3-2-6-16(8-9)19(17,18)10-4-5-11(13)12(14)7-10/h4-5,7,9,15H,2-3,6,8H2,1H3. The average Bonchev–Trinajstić information content (AvgIpc) is 2.41. The molecule has 0 radical (unpaired) electrons. The summed E-state index contributed by atoms with van der Waals surface area (Å²) in [5.41, 5.74) is 0. The highest BCUT2D eigenvalue weighted by molar-refractivity contribution is 9.10. The molecule has 1 heterocycles. The fourth-order valence-electron chi connectivity index (χ4n) is 2.18. The van der Waals surface area contributed by atoms with E-state index in [9.17, 15) is 8.42 Å². The van der Waals surface area contributed by atoms with Gasteiger partial charge in [0, 0.05) is 23.6 Å². The number of rotatable bonds is 3. The van der Waals surface area contributed by atoms with E-state index in [2.05, 4.69) is 21.2 Å². The fourth-order valence-corrected chi connectivity index (χ4v) is 4.23. The Morgan fingerprint density at radius 3 is 2.84 bits per heavy atom. The average molecular weight is 368 g/mol. The van der Waals surface area contributed by atoms with Crippen LogP contribution < -0.4 is 5.32 Å². The molecule has 1 saturated heterocycles. The van der Waals surface area contributed by atoms with Crippen LogP contribution in [-0.2, 0) is 10.0 Å². The van der Waals surface area contributed by atoms with Crippen LogP contribution in [0, 0.1) is 0 Å². The second kappa shape index (κ2) is 6.10. The molecule has 1 N–H and O–H groups in total. The maximum atomic E-state index is 12.5. The zero-order chi connectivity index (χ0) is 14.0. The van der Waals surface area contributed by atoms with Crippen molar-refractivity contribution in [1.82, 2.24) is 9.62 Å². The van der Waals surface area contributed by atoms with Crippen molar-refractivity contribution in [3.8, 4) is 0 Å². The minimum absolute atomic E-state index is 0.217. The summed E-state index contributed by atoms with van der Waals surface area (Å²) in [6, 6.07) is 4.95. The number of halogens is 2. The first-order chi connectivity index (χ1) is 8.95. The Balaban J connectivity index is 2.28. The van der Waals surface area contributed by atoms with Crippen molar-refractivity contribution in [2.45, 2.75) is 23.8 Å². The quantitative estimate of drug-likeness (QED) is 0.893. The van der Waals surface area contributed by atoms with Gasteiger partial charge in [0.05, 0.1) is 9.92 Å². The van der Waals surface area contributed by atoms with Gasteiger partial charge < -0.3 is 5.32 Å². The molecule has 0 aromatic heterocycles. The highest BCUT2D eigenvalue weighted by Gasteiger charge is 2.29. The van der Waals surface area contributed by atoms with Gasteiger partial charge in [-0.2, -0.15) is 4.31 Å². The predicted octanol–water partition coefficient (Wildman–Crippen LogP) is 2.48. The molecule has 4 nitrogen and oxygen atoms in total. The molecule has 0 saturated carbocycles. The van der Waals surface area contributed by atoms with E-state index >= 15 is 0 Å². The van der Waals surface area contributed by atoms with Gasteiger partial charge in [-0.25, -0.2) is 8.42 Å². The third-order valence-corrected chi connectivity index (χ3v) is 6.41. The Bertz CT molecular complexity index is 565. The van der Waals surface area contributed by atoms with Crippen LogP contribution in [0.1, 0.15) is 12.8 Å². The molecule has 0 aliphatic carbocycles. The number of likely N-dealkylation sites (N-methyl/N-ethyl adjacent to an activating group) is 1. The van der Waals surface area contributed by atoms with E-state index in [1.807, 2.05) is 7.05 Å². The number of nitrogens with zero attached hydrogens (tertiary/aromatic N) is 1. The molecule has 1 aromatic carbocycles. The number of hydrogen-bond acceptors (Lipinski definition) is 3. The molecule has 1 aliphatic heterocycles. The maximum Gasteiger partial charge on any atom is 0.243 e. The van der Waals surface area contributed by atoms with Crippen molar-refractivity contribution in [2.75, 3.05) is 20.1 Å². The highest BCUT2D eigenvalue weighted by Crippen LogP contribution is 2.28. The van der Waals surface area contributed by atoms with Crippen molar-refractivity contribution >= 4 is 37.6 Å². The third kappa shape index (κ3) is 3.31. The Morgan fingerprint density at radius 1 is 1.47 bits per heavy atom. The molecular formula is C12H16BrClN2O2S. The summed E-state index contributed by atoms with van der Waals surface area (Å²) in [7, 11) is -1.60. The van der Waals surface area contributed by atoms with Crippen LogP contribution in [0.4, 0.5) is 0 Å². The molecule has 7 heteroatoms. The Morgan fingerprint density at radius 2 is 2.21 bits per heavy atom. The molecule has 1 fully saturated rings. The molecule has 106 valence electrons. The van der Waals surface area contributed by atoms with E-state index in [4.69, 9.17) is 11.6 Å². The summed E-state index contributed by atoms with van der Waals surface area (Å²) >= 11 is 9.24. The molecular weight excluding hydrogens is 352 g/mol. The van der Waals surface area contributed by atoms with E-state index in [0.29, 0.717) is 22.6 Å². The first-order valence-electron chi connectivity index (χ1n) is 6.07. The lowest BCUT2D eigenvalue weighted by Crippen LogP contribution is -2.46. The van der Waals surface area contributed by atoms with Crippen LogP contribution in [0.15, 0.2) is 27.6 Å². The molecule has 1 aliphatic rings. The molecule has 2 rings (SSSR count). The number of sulfonamides is 1. The zero-order valence-corrected chi connectivity index (χ0v) is 13.7. The molecule has 1 unspecified atom stereocenters. The Hall–Kier alpha value is -0.140. The number of hydrogen-bond donors (Lipinski definition) is 1. The Labute approximate surface area is 127 Å². The molecule has 19 heavy (non-hydrogen) atoms. The van der Waals surface area contributed by atoms with Gasteiger partial charge in [-0.1, -0.05) is 11.6 Å². The van der Waals surface area contributed by atoms with Gasteiger partial charge >= 0.3 is 0 Å². The lowest BCUT2D eigenvalue weighted by molar-refractivity contribution is 0.293. The van der Waals surface area contributed by atoms with Crippen LogP contribution in [0.3, 0.4) is 0 Å². The van der Waals surface area contributed by atoms with Crippen molar-refractivity contribution in [3.05, 3.63) is 27.7 Å². The number of benzene rings is 1. The summed E-state index contributed by atoms with van der Waals surface area (Å²) in [5, 5.41) is 3.54.